The molecule has 0 aromatic heterocycles. The number of ether oxygens (including phenoxy) is 2. The van der Waals surface area contributed by atoms with Gasteiger partial charge < -0.3 is 19.3 Å². The molecule has 0 radical (unpaired) electrons. The Kier molecular flexibility index (Phi) is 9.96. The normalized spacial score (nSPS) is 16.1. The van der Waals surface area contributed by atoms with E-state index in [4.69, 9.17) is 9.47 Å². The zero-order valence-electron chi connectivity index (χ0n) is 15.1. The molecule has 0 N–H and O–H groups in total. The minimum absolute atomic E-state index is 0.154. The van der Waals surface area contributed by atoms with Gasteiger partial charge in [-0.15, -0.1) is 6.58 Å². The standard InChI is InChI=1S/C18H34N2O3/c1-5-9-19(4)12-14-22-13-8-17-6-10-20(11-7-17)18(21)23-15-16(2)3/h5,16-17H,1,6-15H2,2-4H3. The minimum Gasteiger partial charge on any atom is -0.449 e. The molecule has 1 aliphatic heterocycles. The highest BCUT2D eigenvalue weighted by atomic mass is 16.6. The summed E-state index contributed by atoms with van der Waals surface area (Å²) >= 11 is 0. The van der Waals surface area contributed by atoms with Crippen LogP contribution in [0.3, 0.4) is 0 Å². The number of carbonyl (C=O) groups excluding carboxylic acids is 1. The van der Waals surface area contributed by atoms with Crippen LogP contribution >= 0.6 is 0 Å². The van der Waals surface area contributed by atoms with Gasteiger partial charge in [-0.3, -0.25) is 0 Å². The van der Waals surface area contributed by atoms with Crippen LogP contribution in [0.2, 0.25) is 0 Å². The topological polar surface area (TPSA) is 42.0 Å². The van der Waals surface area contributed by atoms with E-state index in [1.54, 1.807) is 0 Å². The SMILES string of the molecule is C=CCN(C)CCOCCC1CCN(C(=O)OCC(C)C)CC1. The van der Waals surface area contributed by atoms with Crippen LogP contribution in [0.1, 0.15) is 33.1 Å². The van der Waals surface area contributed by atoms with E-state index in [0.717, 1.165) is 58.7 Å². The van der Waals surface area contributed by atoms with Crippen LogP contribution in [0.5, 0.6) is 0 Å². The molecule has 0 aromatic rings. The van der Waals surface area contributed by atoms with Gasteiger partial charge in [-0.1, -0.05) is 19.9 Å². The van der Waals surface area contributed by atoms with Crippen LogP contribution in [-0.2, 0) is 9.47 Å². The molecule has 1 amide bonds. The third-order valence-corrected chi connectivity index (χ3v) is 4.14. The predicted molar refractivity (Wildman–Crippen MR) is 93.6 cm³/mol. The van der Waals surface area contributed by atoms with E-state index in [9.17, 15) is 4.79 Å². The van der Waals surface area contributed by atoms with Gasteiger partial charge in [-0.2, -0.15) is 0 Å². The summed E-state index contributed by atoms with van der Waals surface area (Å²) in [4.78, 5) is 15.9. The molecule has 1 aliphatic rings. The number of likely N-dealkylation sites (tertiary alicyclic amines) is 1. The molecular weight excluding hydrogens is 292 g/mol. The molecule has 0 bridgehead atoms. The molecule has 0 aliphatic carbocycles. The molecule has 0 aromatic carbocycles. The summed E-state index contributed by atoms with van der Waals surface area (Å²) in [7, 11) is 2.07. The molecule has 1 rings (SSSR count). The van der Waals surface area contributed by atoms with Crippen molar-refractivity contribution in [1.29, 1.82) is 0 Å². The number of carbonyl (C=O) groups is 1. The van der Waals surface area contributed by atoms with Crippen LogP contribution in [0.15, 0.2) is 12.7 Å². The molecule has 1 heterocycles. The minimum atomic E-state index is -0.154. The monoisotopic (exact) mass is 326 g/mol. The lowest BCUT2D eigenvalue weighted by Gasteiger charge is -2.31. The number of rotatable bonds is 10. The highest BCUT2D eigenvalue weighted by Crippen LogP contribution is 2.21. The predicted octanol–water partition coefficient (Wildman–Crippen LogP) is 3.02. The Labute approximate surface area is 141 Å². The van der Waals surface area contributed by atoms with Crippen LogP contribution in [0.4, 0.5) is 4.79 Å². The Morgan fingerprint density at radius 2 is 2.04 bits per heavy atom. The van der Waals surface area contributed by atoms with Gasteiger partial charge in [0.1, 0.15) is 0 Å². The van der Waals surface area contributed by atoms with E-state index in [0.29, 0.717) is 18.4 Å². The van der Waals surface area contributed by atoms with E-state index >= 15 is 0 Å². The van der Waals surface area contributed by atoms with Crippen molar-refractivity contribution in [3.05, 3.63) is 12.7 Å². The summed E-state index contributed by atoms with van der Waals surface area (Å²) in [5.41, 5.74) is 0. The summed E-state index contributed by atoms with van der Waals surface area (Å²) in [5, 5.41) is 0. The van der Waals surface area contributed by atoms with Gasteiger partial charge in [0.05, 0.1) is 13.2 Å². The number of nitrogens with zero attached hydrogens (tertiary/aromatic N) is 2. The second-order valence-electron chi connectivity index (χ2n) is 6.85. The van der Waals surface area contributed by atoms with Crippen molar-refractivity contribution < 1.29 is 14.3 Å². The summed E-state index contributed by atoms with van der Waals surface area (Å²) in [6.45, 7) is 13.4. The number of piperidine rings is 1. The van der Waals surface area contributed by atoms with Crippen molar-refractivity contribution >= 4 is 6.09 Å². The largest absolute Gasteiger partial charge is 0.449 e. The second kappa shape index (κ2) is 11.5. The van der Waals surface area contributed by atoms with E-state index in [-0.39, 0.29) is 6.09 Å². The fourth-order valence-electron chi connectivity index (χ4n) is 2.62. The first-order valence-electron chi connectivity index (χ1n) is 8.81. The van der Waals surface area contributed by atoms with Crippen molar-refractivity contribution in [2.24, 2.45) is 11.8 Å². The molecule has 5 heteroatoms. The van der Waals surface area contributed by atoms with E-state index in [1.165, 1.54) is 0 Å². The molecule has 1 saturated heterocycles. The van der Waals surface area contributed by atoms with Crippen LogP contribution in [-0.4, -0.2) is 68.9 Å². The van der Waals surface area contributed by atoms with E-state index in [2.05, 4.69) is 32.4 Å². The molecule has 1 fully saturated rings. The fraction of sp³-hybridized carbons (Fsp3) is 0.833. The molecule has 134 valence electrons. The maximum atomic E-state index is 11.9. The lowest BCUT2D eigenvalue weighted by molar-refractivity contribution is 0.0683. The number of hydrogen-bond donors (Lipinski definition) is 0. The Balaban J connectivity index is 2.05. The first kappa shape index (κ1) is 20.0. The van der Waals surface area contributed by atoms with E-state index in [1.807, 2.05) is 11.0 Å². The molecule has 0 spiro atoms. The lowest BCUT2D eigenvalue weighted by atomic mass is 9.94. The summed E-state index contributed by atoms with van der Waals surface area (Å²) in [6, 6.07) is 0. The highest BCUT2D eigenvalue weighted by Gasteiger charge is 2.23. The maximum absolute atomic E-state index is 11.9. The van der Waals surface area contributed by atoms with E-state index < -0.39 is 0 Å². The van der Waals surface area contributed by atoms with Crippen molar-refractivity contribution in [2.45, 2.75) is 33.1 Å². The zero-order valence-corrected chi connectivity index (χ0v) is 15.1. The highest BCUT2D eigenvalue weighted by molar-refractivity contribution is 5.67. The first-order valence-corrected chi connectivity index (χ1v) is 8.81. The van der Waals surface area contributed by atoms with Gasteiger partial charge in [-0.25, -0.2) is 4.79 Å². The van der Waals surface area contributed by atoms with Crippen LogP contribution in [0, 0.1) is 11.8 Å². The maximum Gasteiger partial charge on any atom is 0.409 e. The zero-order chi connectivity index (χ0) is 17.1. The number of amides is 1. The summed E-state index contributed by atoms with van der Waals surface area (Å²) < 4.78 is 11.0. The Hall–Kier alpha value is -1.07. The Bertz CT molecular complexity index is 339. The van der Waals surface area contributed by atoms with Gasteiger partial charge in [0.25, 0.3) is 0 Å². The number of hydrogen-bond acceptors (Lipinski definition) is 4. The van der Waals surface area contributed by atoms with Crippen molar-refractivity contribution in [3.63, 3.8) is 0 Å². The average molecular weight is 326 g/mol. The summed E-state index contributed by atoms with van der Waals surface area (Å²) in [6.07, 6.45) is 4.94. The molecule has 0 saturated carbocycles. The molecular formula is C18H34N2O3. The first-order chi connectivity index (χ1) is 11.0. The quantitative estimate of drug-likeness (QED) is 0.457. The second-order valence-corrected chi connectivity index (χ2v) is 6.85. The van der Waals surface area contributed by atoms with Gasteiger partial charge >= 0.3 is 6.09 Å². The smallest absolute Gasteiger partial charge is 0.409 e. The van der Waals surface area contributed by atoms with Crippen molar-refractivity contribution in [1.82, 2.24) is 9.80 Å². The number of likely N-dealkylation sites (N-methyl/N-ethyl adjacent to an activating group) is 1. The molecule has 0 unspecified atom stereocenters. The third kappa shape index (κ3) is 8.96. The third-order valence-electron chi connectivity index (χ3n) is 4.14. The Morgan fingerprint density at radius 3 is 2.65 bits per heavy atom. The average Bonchev–Trinajstić information content (AvgIpc) is 2.53. The molecule has 23 heavy (non-hydrogen) atoms. The van der Waals surface area contributed by atoms with Gasteiger partial charge in [0.15, 0.2) is 0 Å². The van der Waals surface area contributed by atoms with Gasteiger partial charge in [-0.05, 0) is 38.1 Å². The summed E-state index contributed by atoms with van der Waals surface area (Å²) in [5.74, 6) is 1.05. The van der Waals surface area contributed by atoms with Crippen molar-refractivity contribution in [3.8, 4) is 0 Å². The van der Waals surface area contributed by atoms with Crippen LogP contribution in [0.25, 0.3) is 0 Å². The van der Waals surface area contributed by atoms with Gasteiger partial charge in [0, 0.05) is 32.8 Å². The van der Waals surface area contributed by atoms with Gasteiger partial charge in [0.2, 0.25) is 0 Å². The Morgan fingerprint density at radius 1 is 1.35 bits per heavy atom. The van der Waals surface area contributed by atoms with Crippen molar-refractivity contribution in [2.75, 3.05) is 53.0 Å². The molecule has 5 nitrogen and oxygen atoms in total. The fourth-order valence-corrected chi connectivity index (χ4v) is 2.62. The molecule has 0 atom stereocenters. The lowest BCUT2D eigenvalue weighted by Crippen LogP contribution is -2.39. The van der Waals surface area contributed by atoms with Crippen LogP contribution < -0.4 is 0 Å².